The highest BCUT2D eigenvalue weighted by Gasteiger charge is 2.24. The Kier molecular flexibility index (Phi) is 17.7. The normalized spacial score (nSPS) is 11.4. The van der Waals surface area contributed by atoms with E-state index in [0.29, 0.717) is 31.7 Å². The number of rotatable bonds is 19. The van der Waals surface area contributed by atoms with Crippen molar-refractivity contribution in [2.45, 2.75) is 97.8 Å². The average Bonchev–Trinajstić information content (AvgIpc) is 2.68. The number of ether oxygens (including phenoxy) is 2. The minimum Gasteiger partial charge on any atom is -0.466 e. The lowest BCUT2D eigenvalue weighted by molar-refractivity contribution is -0.144. The van der Waals surface area contributed by atoms with E-state index in [9.17, 15) is 14.2 Å². The van der Waals surface area contributed by atoms with Gasteiger partial charge in [-0.25, -0.2) is 0 Å². The zero-order valence-electron chi connectivity index (χ0n) is 18.5. The van der Waals surface area contributed by atoms with Crippen LogP contribution in [0.4, 0.5) is 0 Å². The van der Waals surface area contributed by atoms with Gasteiger partial charge < -0.3 is 14.0 Å². The fourth-order valence-corrected chi connectivity index (χ4v) is 5.56. The van der Waals surface area contributed by atoms with Crippen LogP contribution in [0, 0.1) is 0 Å². The molecule has 0 amide bonds. The maximum atomic E-state index is 13.4. The Morgan fingerprint density at radius 2 is 1.04 bits per heavy atom. The quantitative estimate of drug-likeness (QED) is 0.142. The molecule has 0 aliphatic heterocycles. The third-order valence-corrected chi connectivity index (χ3v) is 8.10. The smallest absolute Gasteiger partial charge is 0.306 e. The van der Waals surface area contributed by atoms with E-state index in [4.69, 9.17) is 9.47 Å². The molecular weight excluding hydrogens is 375 g/mol. The maximum Gasteiger partial charge on any atom is 0.306 e. The lowest BCUT2D eigenvalue weighted by atomic mass is 10.1. The van der Waals surface area contributed by atoms with Crippen LogP contribution in [-0.2, 0) is 23.6 Å². The third kappa shape index (κ3) is 16.2. The van der Waals surface area contributed by atoms with Crippen LogP contribution in [-0.4, -0.2) is 43.6 Å². The third-order valence-electron chi connectivity index (χ3n) is 4.89. The van der Waals surface area contributed by atoms with Gasteiger partial charge in [0.2, 0.25) is 0 Å². The molecule has 0 aromatic rings. The van der Waals surface area contributed by atoms with E-state index in [1.165, 1.54) is 19.3 Å². The molecule has 0 spiro atoms. The average molecular weight is 419 g/mol. The van der Waals surface area contributed by atoms with Crippen molar-refractivity contribution in [2.24, 2.45) is 0 Å². The van der Waals surface area contributed by atoms with Gasteiger partial charge in [-0.1, -0.05) is 65.7 Å². The first-order chi connectivity index (χ1) is 13.5. The molecule has 0 bridgehead atoms. The largest absolute Gasteiger partial charge is 0.466 e. The first kappa shape index (κ1) is 27.2. The fourth-order valence-electron chi connectivity index (χ4n) is 2.91. The second kappa shape index (κ2) is 18.2. The van der Waals surface area contributed by atoms with E-state index in [1.807, 2.05) is 13.8 Å². The van der Waals surface area contributed by atoms with Gasteiger partial charge in [-0.2, -0.15) is 0 Å². The predicted molar refractivity (Wildman–Crippen MR) is 117 cm³/mol. The van der Waals surface area contributed by atoms with Crippen molar-refractivity contribution in [1.29, 1.82) is 0 Å². The monoisotopic (exact) mass is 418 g/mol. The van der Waals surface area contributed by atoms with Crippen molar-refractivity contribution in [1.82, 2.24) is 0 Å². The van der Waals surface area contributed by atoms with Crippen LogP contribution in [0.2, 0.25) is 0 Å². The predicted octanol–water partition coefficient (Wildman–Crippen LogP) is 6.18. The molecule has 0 aromatic carbocycles. The number of unbranched alkanes of at least 4 members (excludes halogenated alkanes) is 7. The summed E-state index contributed by atoms with van der Waals surface area (Å²) in [6, 6.07) is 0. The second-order valence-electron chi connectivity index (χ2n) is 7.64. The van der Waals surface area contributed by atoms with Gasteiger partial charge in [0.25, 0.3) is 0 Å². The Bertz CT molecular complexity index is 420. The minimum absolute atomic E-state index is 0.182. The number of carbonyl (C=O) groups is 2. The van der Waals surface area contributed by atoms with Crippen LogP contribution in [0.25, 0.3) is 0 Å². The SMILES string of the molecule is CCCCCCCCP(=O)(CCC(=O)OCCCC)CCC(=O)OCCCC. The van der Waals surface area contributed by atoms with Gasteiger partial charge in [0, 0.05) is 18.5 Å². The molecule has 6 heteroatoms. The van der Waals surface area contributed by atoms with Gasteiger partial charge in [0.1, 0.15) is 0 Å². The minimum atomic E-state index is -2.56. The second-order valence-corrected chi connectivity index (χ2v) is 11.1. The molecule has 0 unspecified atom stereocenters. The number of esters is 2. The molecule has 0 radical (unpaired) electrons. The molecule has 0 saturated carbocycles. The van der Waals surface area contributed by atoms with Crippen LogP contribution in [0.5, 0.6) is 0 Å². The standard InChI is InChI=1S/C22H43O5P/c1-4-7-10-11-12-13-18-28(25,19-14-21(23)26-16-8-5-2)20-15-22(24)27-17-9-6-3/h4-20H2,1-3H3. The molecule has 166 valence electrons. The van der Waals surface area contributed by atoms with E-state index in [2.05, 4.69) is 6.92 Å². The maximum absolute atomic E-state index is 13.4. The summed E-state index contributed by atoms with van der Waals surface area (Å²) in [6.45, 7) is 7.14. The Hall–Kier alpha value is -0.830. The van der Waals surface area contributed by atoms with Gasteiger partial charge in [0.05, 0.1) is 33.2 Å². The molecule has 0 aliphatic rings. The fraction of sp³-hybridized carbons (Fsp3) is 0.909. The van der Waals surface area contributed by atoms with E-state index in [1.54, 1.807) is 0 Å². The summed E-state index contributed by atoms with van der Waals surface area (Å²) in [5.74, 6) is -0.552. The van der Waals surface area contributed by atoms with Gasteiger partial charge >= 0.3 is 11.9 Å². The van der Waals surface area contributed by atoms with Crippen LogP contribution in [0.15, 0.2) is 0 Å². The van der Waals surface area contributed by atoms with Crippen molar-refractivity contribution in [3.63, 3.8) is 0 Å². The van der Waals surface area contributed by atoms with E-state index in [-0.39, 0.29) is 24.8 Å². The Morgan fingerprint density at radius 1 is 0.607 bits per heavy atom. The molecule has 0 aromatic heterocycles. The molecule has 28 heavy (non-hydrogen) atoms. The van der Waals surface area contributed by atoms with Gasteiger partial charge in [-0.15, -0.1) is 0 Å². The van der Waals surface area contributed by atoms with Crippen molar-refractivity contribution < 1.29 is 23.6 Å². The van der Waals surface area contributed by atoms with E-state index >= 15 is 0 Å². The molecule has 0 N–H and O–H groups in total. The molecule has 0 rings (SSSR count). The lowest BCUT2D eigenvalue weighted by Gasteiger charge is -2.18. The summed E-state index contributed by atoms with van der Waals surface area (Å²) in [4.78, 5) is 23.8. The first-order valence-electron chi connectivity index (χ1n) is 11.4. The summed E-state index contributed by atoms with van der Waals surface area (Å²) in [7, 11) is -2.56. The molecule has 5 nitrogen and oxygen atoms in total. The van der Waals surface area contributed by atoms with Gasteiger partial charge in [-0.05, 0) is 19.3 Å². The van der Waals surface area contributed by atoms with Gasteiger partial charge in [0.15, 0.2) is 0 Å². The molecule has 0 fully saturated rings. The topological polar surface area (TPSA) is 69.7 Å². The van der Waals surface area contributed by atoms with E-state index < -0.39 is 7.14 Å². The van der Waals surface area contributed by atoms with Crippen LogP contribution in [0.3, 0.4) is 0 Å². The van der Waals surface area contributed by atoms with E-state index in [0.717, 1.165) is 44.9 Å². The van der Waals surface area contributed by atoms with Gasteiger partial charge in [-0.3, -0.25) is 9.59 Å². The first-order valence-corrected chi connectivity index (χ1v) is 13.6. The lowest BCUT2D eigenvalue weighted by Crippen LogP contribution is -2.13. The van der Waals surface area contributed by atoms with Crippen molar-refractivity contribution in [3.05, 3.63) is 0 Å². The van der Waals surface area contributed by atoms with Crippen molar-refractivity contribution >= 4 is 19.1 Å². The van der Waals surface area contributed by atoms with Crippen molar-refractivity contribution in [2.75, 3.05) is 31.7 Å². The summed E-state index contributed by atoms with van der Waals surface area (Å²) < 4.78 is 23.7. The molecule has 0 heterocycles. The summed E-state index contributed by atoms with van der Waals surface area (Å²) >= 11 is 0. The van der Waals surface area contributed by atoms with Crippen LogP contribution in [0.1, 0.15) is 97.8 Å². The Morgan fingerprint density at radius 3 is 1.50 bits per heavy atom. The summed E-state index contributed by atoms with van der Waals surface area (Å²) in [5, 5.41) is 0. The highest BCUT2D eigenvalue weighted by molar-refractivity contribution is 7.64. The van der Waals surface area contributed by atoms with Crippen LogP contribution < -0.4 is 0 Å². The van der Waals surface area contributed by atoms with Crippen LogP contribution >= 0.6 is 7.14 Å². The highest BCUT2D eigenvalue weighted by atomic mass is 31.2. The zero-order chi connectivity index (χ0) is 21.1. The number of hydrogen-bond donors (Lipinski definition) is 0. The summed E-state index contributed by atoms with van der Waals surface area (Å²) in [5.41, 5.74) is 0. The Labute approximate surface area is 172 Å². The molecular formula is C22H43O5P. The molecule has 0 aliphatic carbocycles. The van der Waals surface area contributed by atoms with Crippen molar-refractivity contribution in [3.8, 4) is 0 Å². The summed E-state index contributed by atoms with van der Waals surface area (Å²) in [6.07, 6.45) is 12.1. The zero-order valence-corrected chi connectivity index (χ0v) is 19.4. The Balaban J connectivity index is 4.43. The molecule has 0 atom stereocenters. The number of hydrogen-bond acceptors (Lipinski definition) is 5. The molecule has 0 saturated heterocycles. The number of carbonyl (C=O) groups excluding carboxylic acids is 2. The highest BCUT2D eigenvalue weighted by Crippen LogP contribution is 2.48.